The number of aryl methyl sites for hydroxylation is 1. The van der Waals surface area contributed by atoms with Crippen LogP contribution in [0.15, 0.2) is 53.1 Å². The van der Waals surface area contributed by atoms with E-state index in [0.717, 1.165) is 27.7 Å². The van der Waals surface area contributed by atoms with E-state index in [1.54, 1.807) is 18.4 Å². The van der Waals surface area contributed by atoms with Crippen LogP contribution in [0.3, 0.4) is 0 Å². The average molecular weight is 364 g/mol. The summed E-state index contributed by atoms with van der Waals surface area (Å²) in [7, 11) is 0. The highest BCUT2D eigenvalue weighted by molar-refractivity contribution is 5.96. The van der Waals surface area contributed by atoms with Gasteiger partial charge in [0.1, 0.15) is 5.58 Å². The Labute approximate surface area is 158 Å². The standard InChI is InChI=1S/C22H24N2O3/c1-14-5-10-18-16(13-27-19(18)11-14)12-20(25)23-24-21(26)15-6-8-17(9-7-15)22(2,3)4/h5-11,13H,12H2,1-4H3,(H,23,25)(H,24,26). The number of hydrogen-bond donors (Lipinski definition) is 2. The van der Waals surface area contributed by atoms with Crippen LogP contribution >= 0.6 is 0 Å². The lowest BCUT2D eigenvalue weighted by Gasteiger charge is -2.19. The molecule has 2 N–H and O–H groups in total. The second-order valence-corrected chi connectivity index (χ2v) is 7.77. The molecular weight excluding hydrogens is 340 g/mol. The molecule has 1 heterocycles. The van der Waals surface area contributed by atoms with Crippen LogP contribution in [0.5, 0.6) is 0 Å². The van der Waals surface area contributed by atoms with Gasteiger partial charge in [0.05, 0.1) is 12.7 Å². The number of hydrogen-bond acceptors (Lipinski definition) is 3. The lowest BCUT2D eigenvalue weighted by molar-refractivity contribution is -0.121. The van der Waals surface area contributed by atoms with Crippen molar-refractivity contribution >= 4 is 22.8 Å². The van der Waals surface area contributed by atoms with Gasteiger partial charge in [-0.05, 0) is 41.7 Å². The number of rotatable bonds is 3. The molecule has 0 saturated heterocycles. The summed E-state index contributed by atoms with van der Waals surface area (Å²) in [5, 5.41) is 0.903. The Morgan fingerprint density at radius 3 is 2.37 bits per heavy atom. The van der Waals surface area contributed by atoms with Gasteiger partial charge in [0.2, 0.25) is 5.91 Å². The molecule has 1 aromatic heterocycles. The Kier molecular flexibility index (Phi) is 5.04. The first-order valence-corrected chi connectivity index (χ1v) is 8.90. The molecule has 0 unspecified atom stereocenters. The van der Waals surface area contributed by atoms with E-state index in [4.69, 9.17) is 4.42 Å². The summed E-state index contributed by atoms with van der Waals surface area (Å²) in [5.41, 5.74) is 9.21. The summed E-state index contributed by atoms with van der Waals surface area (Å²) in [6, 6.07) is 13.2. The maximum atomic E-state index is 12.2. The van der Waals surface area contributed by atoms with E-state index in [9.17, 15) is 9.59 Å². The quantitative estimate of drug-likeness (QED) is 0.689. The first-order valence-electron chi connectivity index (χ1n) is 8.90. The van der Waals surface area contributed by atoms with Crippen LogP contribution in [-0.4, -0.2) is 11.8 Å². The first-order chi connectivity index (χ1) is 12.7. The second kappa shape index (κ2) is 7.27. The van der Waals surface area contributed by atoms with Gasteiger partial charge < -0.3 is 4.42 Å². The van der Waals surface area contributed by atoms with Crippen molar-refractivity contribution < 1.29 is 14.0 Å². The average Bonchev–Trinajstić information content (AvgIpc) is 3.00. The van der Waals surface area contributed by atoms with Crippen molar-refractivity contribution in [1.29, 1.82) is 0 Å². The van der Waals surface area contributed by atoms with Gasteiger partial charge in [0, 0.05) is 16.5 Å². The third-order valence-corrected chi connectivity index (χ3v) is 4.49. The van der Waals surface area contributed by atoms with Crippen molar-refractivity contribution in [2.75, 3.05) is 0 Å². The molecule has 0 saturated carbocycles. The molecule has 2 aromatic carbocycles. The van der Waals surface area contributed by atoms with Crippen LogP contribution in [0, 0.1) is 6.92 Å². The minimum Gasteiger partial charge on any atom is -0.464 e. The van der Waals surface area contributed by atoms with Crippen LogP contribution < -0.4 is 10.9 Å². The Bertz CT molecular complexity index is 979. The summed E-state index contributed by atoms with van der Waals surface area (Å²) in [5.74, 6) is -0.658. The molecule has 0 radical (unpaired) electrons. The van der Waals surface area contributed by atoms with Gasteiger partial charge in [-0.1, -0.05) is 45.0 Å². The molecule has 0 bridgehead atoms. The lowest BCUT2D eigenvalue weighted by Crippen LogP contribution is -2.42. The molecule has 27 heavy (non-hydrogen) atoms. The SMILES string of the molecule is Cc1ccc2c(CC(=O)NNC(=O)c3ccc(C(C)(C)C)cc3)coc2c1. The van der Waals surface area contributed by atoms with Crippen LogP contribution in [0.4, 0.5) is 0 Å². The molecule has 0 aliphatic rings. The number of carbonyl (C=O) groups is 2. The predicted molar refractivity (Wildman–Crippen MR) is 105 cm³/mol. The fraction of sp³-hybridized carbons (Fsp3) is 0.273. The van der Waals surface area contributed by atoms with Crippen molar-refractivity contribution in [3.63, 3.8) is 0 Å². The number of furan rings is 1. The molecule has 0 aliphatic heterocycles. The van der Waals surface area contributed by atoms with Gasteiger partial charge in [0.25, 0.3) is 5.91 Å². The van der Waals surface area contributed by atoms with Crippen molar-refractivity contribution in [3.8, 4) is 0 Å². The molecule has 0 spiro atoms. The zero-order valence-electron chi connectivity index (χ0n) is 16.1. The van der Waals surface area contributed by atoms with Crippen LogP contribution in [0.25, 0.3) is 11.0 Å². The topological polar surface area (TPSA) is 71.3 Å². The van der Waals surface area contributed by atoms with Gasteiger partial charge in [-0.25, -0.2) is 0 Å². The molecule has 0 fully saturated rings. The van der Waals surface area contributed by atoms with Crippen LogP contribution in [0.2, 0.25) is 0 Å². The third-order valence-electron chi connectivity index (χ3n) is 4.49. The second-order valence-electron chi connectivity index (χ2n) is 7.77. The molecule has 0 aliphatic carbocycles. The first kappa shape index (κ1) is 18.7. The van der Waals surface area contributed by atoms with Crippen LogP contribution in [-0.2, 0) is 16.6 Å². The molecule has 2 amide bonds. The van der Waals surface area contributed by atoms with Crippen molar-refractivity contribution in [2.45, 2.75) is 39.5 Å². The number of fused-ring (bicyclic) bond motifs is 1. The number of benzene rings is 2. The highest BCUT2D eigenvalue weighted by Crippen LogP contribution is 2.23. The number of carbonyl (C=O) groups excluding carboxylic acids is 2. The number of hydrazine groups is 1. The monoisotopic (exact) mass is 364 g/mol. The largest absolute Gasteiger partial charge is 0.464 e. The van der Waals surface area contributed by atoms with Gasteiger partial charge in [-0.15, -0.1) is 0 Å². The van der Waals surface area contributed by atoms with Gasteiger partial charge in [0.15, 0.2) is 0 Å². The highest BCUT2D eigenvalue weighted by Gasteiger charge is 2.15. The van der Waals surface area contributed by atoms with E-state index >= 15 is 0 Å². The van der Waals surface area contributed by atoms with Crippen molar-refractivity contribution in [2.24, 2.45) is 0 Å². The van der Waals surface area contributed by atoms with Gasteiger partial charge in [-0.2, -0.15) is 0 Å². The van der Waals surface area contributed by atoms with Gasteiger partial charge in [-0.3, -0.25) is 20.4 Å². The summed E-state index contributed by atoms with van der Waals surface area (Å²) in [6.45, 7) is 8.33. The summed E-state index contributed by atoms with van der Waals surface area (Å²) in [6.07, 6.45) is 1.70. The number of nitrogens with one attached hydrogen (secondary N) is 2. The minimum atomic E-state index is -0.350. The maximum Gasteiger partial charge on any atom is 0.269 e. The van der Waals surface area contributed by atoms with E-state index in [-0.39, 0.29) is 23.7 Å². The minimum absolute atomic E-state index is 0.0229. The fourth-order valence-electron chi connectivity index (χ4n) is 2.86. The Balaban J connectivity index is 1.59. The molecule has 5 heteroatoms. The zero-order valence-corrected chi connectivity index (χ0v) is 16.1. The van der Waals surface area contributed by atoms with E-state index in [2.05, 4.69) is 31.6 Å². The predicted octanol–water partition coefficient (Wildman–Crippen LogP) is 4.04. The van der Waals surface area contributed by atoms with Crippen molar-refractivity contribution in [3.05, 3.63) is 71.0 Å². The smallest absolute Gasteiger partial charge is 0.269 e. The summed E-state index contributed by atoms with van der Waals surface area (Å²) < 4.78 is 5.50. The van der Waals surface area contributed by atoms with Gasteiger partial charge >= 0.3 is 0 Å². The van der Waals surface area contributed by atoms with E-state index < -0.39 is 0 Å². The van der Waals surface area contributed by atoms with E-state index in [1.807, 2.05) is 37.3 Å². The number of amides is 2. The Morgan fingerprint density at radius 2 is 1.70 bits per heavy atom. The molecule has 0 atom stereocenters. The molecule has 3 aromatic rings. The summed E-state index contributed by atoms with van der Waals surface area (Å²) >= 11 is 0. The summed E-state index contributed by atoms with van der Waals surface area (Å²) in [4.78, 5) is 24.4. The van der Waals surface area contributed by atoms with Crippen molar-refractivity contribution in [1.82, 2.24) is 10.9 Å². The molecular formula is C22H24N2O3. The normalized spacial score (nSPS) is 11.4. The van der Waals surface area contributed by atoms with Crippen LogP contribution in [0.1, 0.15) is 47.8 Å². The lowest BCUT2D eigenvalue weighted by atomic mass is 9.87. The molecule has 5 nitrogen and oxygen atoms in total. The molecule has 3 rings (SSSR count). The zero-order chi connectivity index (χ0) is 19.6. The Morgan fingerprint density at radius 1 is 1.00 bits per heavy atom. The van der Waals surface area contributed by atoms with E-state index in [0.29, 0.717) is 5.56 Å². The molecule has 140 valence electrons. The van der Waals surface area contributed by atoms with E-state index in [1.165, 1.54) is 0 Å². The maximum absolute atomic E-state index is 12.2. The highest BCUT2D eigenvalue weighted by atomic mass is 16.3. The fourth-order valence-corrected chi connectivity index (χ4v) is 2.86. The third kappa shape index (κ3) is 4.37. The Hall–Kier alpha value is -3.08.